The highest BCUT2D eigenvalue weighted by molar-refractivity contribution is 5.88. The molecule has 2 aromatic rings. The van der Waals surface area contributed by atoms with Gasteiger partial charge in [0.25, 0.3) is 0 Å². The molecule has 1 heterocycles. The Hall–Kier alpha value is -2.75. The van der Waals surface area contributed by atoms with Gasteiger partial charge in [0.05, 0.1) is 18.8 Å². The van der Waals surface area contributed by atoms with Crippen LogP contribution in [0.4, 0.5) is 0 Å². The molecule has 0 saturated heterocycles. The second-order valence-electron chi connectivity index (χ2n) is 6.14. The number of allylic oxidation sites excluding steroid dienone is 1. The SMILES string of the molecule is C/C(=C\c1ccc(C(=O)O)cc1)c1ccc2c(c1)OCC(C)CO2. The van der Waals surface area contributed by atoms with Gasteiger partial charge in [-0.15, -0.1) is 0 Å². The normalized spacial score (nSPS) is 17.2. The van der Waals surface area contributed by atoms with Crippen molar-refractivity contribution < 1.29 is 19.4 Å². The van der Waals surface area contributed by atoms with Crippen molar-refractivity contribution in [3.8, 4) is 11.5 Å². The molecule has 0 radical (unpaired) electrons. The lowest BCUT2D eigenvalue weighted by atomic mass is 10.0. The summed E-state index contributed by atoms with van der Waals surface area (Å²) in [5.74, 6) is 0.997. The van der Waals surface area contributed by atoms with E-state index in [4.69, 9.17) is 14.6 Å². The Morgan fingerprint density at radius 1 is 1.04 bits per heavy atom. The van der Waals surface area contributed by atoms with E-state index in [2.05, 4.69) is 6.92 Å². The van der Waals surface area contributed by atoms with Gasteiger partial charge in [-0.05, 0) is 47.9 Å². The number of ether oxygens (including phenoxy) is 2. The Balaban J connectivity index is 1.84. The van der Waals surface area contributed by atoms with Gasteiger partial charge < -0.3 is 14.6 Å². The summed E-state index contributed by atoms with van der Waals surface area (Å²) in [4.78, 5) is 10.9. The lowest BCUT2D eigenvalue weighted by Crippen LogP contribution is -2.12. The maximum atomic E-state index is 10.9. The van der Waals surface area contributed by atoms with Crippen molar-refractivity contribution >= 4 is 17.6 Å². The van der Waals surface area contributed by atoms with Crippen molar-refractivity contribution in [2.45, 2.75) is 13.8 Å². The minimum absolute atomic E-state index is 0.287. The molecule has 0 spiro atoms. The van der Waals surface area contributed by atoms with Crippen molar-refractivity contribution in [3.63, 3.8) is 0 Å². The van der Waals surface area contributed by atoms with Crippen molar-refractivity contribution in [2.75, 3.05) is 13.2 Å². The first-order valence-corrected chi connectivity index (χ1v) is 7.94. The average Bonchev–Trinajstić information content (AvgIpc) is 2.77. The van der Waals surface area contributed by atoms with Crippen LogP contribution in [-0.2, 0) is 0 Å². The zero-order chi connectivity index (χ0) is 17.1. The Morgan fingerprint density at radius 3 is 2.33 bits per heavy atom. The molecule has 0 bridgehead atoms. The fourth-order valence-electron chi connectivity index (χ4n) is 2.55. The molecule has 3 rings (SSSR count). The highest BCUT2D eigenvalue weighted by atomic mass is 16.5. The molecule has 2 aromatic carbocycles. The molecule has 1 aliphatic heterocycles. The predicted octanol–water partition coefficient (Wildman–Crippen LogP) is 4.35. The molecule has 1 N–H and O–H groups in total. The minimum Gasteiger partial charge on any atom is -0.489 e. The number of carbonyl (C=O) groups is 1. The predicted molar refractivity (Wildman–Crippen MR) is 93.5 cm³/mol. The van der Waals surface area contributed by atoms with Crippen molar-refractivity contribution in [1.82, 2.24) is 0 Å². The van der Waals surface area contributed by atoms with Crippen LogP contribution in [0.15, 0.2) is 42.5 Å². The molecule has 1 atom stereocenters. The van der Waals surface area contributed by atoms with Crippen LogP contribution >= 0.6 is 0 Å². The highest BCUT2D eigenvalue weighted by Gasteiger charge is 2.15. The smallest absolute Gasteiger partial charge is 0.335 e. The molecule has 0 amide bonds. The molecule has 0 aromatic heterocycles. The molecule has 0 saturated carbocycles. The quantitative estimate of drug-likeness (QED) is 0.853. The largest absolute Gasteiger partial charge is 0.489 e. The first-order chi connectivity index (χ1) is 11.5. The van der Waals surface area contributed by atoms with E-state index in [-0.39, 0.29) is 5.56 Å². The van der Waals surface area contributed by atoms with Gasteiger partial charge in [-0.2, -0.15) is 0 Å². The molecular formula is C20H20O4. The van der Waals surface area contributed by atoms with E-state index in [0.29, 0.717) is 19.1 Å². The molecule has 1 unspecified atom stereocenters. The lowest BCUT2D eigenvalue weighted by molar-refractivity contribution is 0.0697. The number of fused-ring (bicyclic) bond motifs is 1. The molecule has 0 aliphatic carbocycles. The van der Waals surface area contributed by atoms with Crippen molar-refractivity contribution in [1.29, 1.82) is 0 Å². The van der Waals surface area contributed by atoms with Crippen LogP contribution in [0.2, 0.25) is 0 Å². The van der Waals surface area contributed by atoms with Gasteiger partial charge in [0.2, 0.25) is 0 Å². The monoisotopic (exact) mass is 324 g/mol. The fourth-order valence-corrected chi connectivity index (χ4v) is 2.55. The van der Waals surface area contributed by atoms with Gasteiger partial charge in [0.1, 0.15) is 0 Å². The molecule has 124 valence electrons. The molecular weight excluding hydrogens is 304 g/mol. The topological polar surface area (TPSA) is 55.8 Å². The molecule has 24 heavy (non-hydrogen) atoms. The van der Waals surface area contributed by atoms with Gasteiger partial charge in [0, 0.05) is 5.92 Å². The van der Waals surface area contributed by atoms with E-state index in [1.54, 1.807) is 24.3 Å². The van der Waals surface area contributed by atoms with Gasteiger partial charge in [-0.3, -0.25) is 0 Å². The molecule has 4 heteroatoms. The van der Waals surface area contributed by atoms with Crippen LogP contribution in [0.25, 0.3) is 11.6 Å². The number of hydrogen-bond acceptors (Lipinski definition) is 3. The van der Waals surface area contributed by atoms with E-state index < -0.39 is 5.97 Å². The van der Waals surface area contributed by atoms with Crippen molar-refractivity contribution in [2.24, 2.45) is 5.92 Å². The molecule has 4 nitrogen and oxygen atoms in total. The Kier molecular flexibility index (Phi) is 4.56. The van der Waals surface area contributed by atoms with E-state index >= 15 is 0 Å². The van der Waals surface area contributed by atoms with E-state index in [9.17, 15) is 4.79 Å². The molecule has 0 fully saturated rings. The average molecular weight is 324 g/mol. The van der Waals surface area contributed by atoms with Crippen molar-refractivity contribution in [3.05, 3.63) is 59.2 Å². The first-order valence-electron chi connectivity index (χ1n) is 7.94. The van der Waals surface area contributed by atoms with Gasteiger partial charge >= 0.3 is 5.97 Å². The van der Waals surface area contributed by atoms with Crippen LogP contribution in [0, 0.1) is 5.92 Å². The van der Waals surface area contributed by atoms with Gasteiger partial charge in [-0.25, -0.2) is 4.79 Å². The lowest BCUT2D eigenvalue weighted by Gasteiger charge is -2.10. The summed E-state index contributed by atoms with van der Waals surface area (Å²) in [6, 6.07) is 12.8. The number of rotatable bonds is 3. The van der Waals surface area contributed by atoms with E-state index in [0.717, 1.165) is 28.2 Å². The van der Waals surface area contributed by atoms with Gasteiger partial charge in [-0.1, -0.05) is 31.2 Å². The summed E-state index contributed by atoms with van der Waals surface area (Å²) in [5, 5.41) is 8.95. The third-order valence-electron chi connectivity index (χ3n) is 3.99. The Labute approximate surface area is 141 Å². The Bertz CT molecular complexity index is 775. The summed E-state index contributed by atoms with van der Waals surface area (Å²) >= 11 is 0. The second-order valence-corrected chi connectivity index (χ2v) is 6.14. The standard InChI is InChI=1S/C20H20O4/c1-13-11-23-18-8-7-17(10-19(18)24-12-13)14(2)9-15-3-5-16(6-4-15)20(21)22/h3-10,13H,11-12H2,1-2H3,(H,21,22)/b14-9+. The zero-order valence-corrected chi connectivity index (χ0v) is 13.8. The number of benzene rings is 2. The maximum Gasteiger partial charge on any atom is 0.335 e. The van der Waals surface area contributed by atoms with E-state index in [1.165, 1.54) is 0 Å². The third-order valence-corrected chi connectivity index (χ3v) is 3.99. The number of carboxylic acids is 1. The number of hydrogen-bond donors (Lipinski definition) is 1. The van der Waals surface area contributed by atoms with E-state index in [1.807, 2.05) is 31.2 Å². The number of aromatic carboxylic acids is 1. The Morgan fingerprint density at radius 2 is 1.67 bits per heavy atom. The van der Waals surface area contributed by atoms with Crippen LogP contribution in [0.3, 0.4) is 0 Å². The summed E-state index contributed by atoms with van der Waals surface area (Å²) in [5.41, 5.74) is 3.36. The first kappa shape index (κ1) is 16.1. The molecule has 1 aliphatic rings. The van der Waals surface area contributed by atoms with Crippen LogP contribution in [-0.4, -0.2) is 24.3 Å². The third kappa shape index (κ3) is 3.59. The van der Waals surface area contributed by atoms with Crippen LogP contribution in [0.1, 0.15) is 35.3 Å². The zero-order valence-electron chi connectivity index (χ0n) is 13.8. The summed E-state index contributed by atoms with van der Waals surface area (Å²) in [6.45, 7) is 5.43. The summed E-state index contributed by atoms with van der Waals surface area (Å²) < 4.78 is 11.6. The highest BCUT2D eigenvalue weighted by Crippen LogP contribution is 2.33. The summed E-state index contributed by atoms with van der Waals surface area (Å²) in [7, 11) is 0. The maximum absolute atomic E-state index is 10.9. The fraction of sp³-hybridized carbons (Fsp3) is 0.250. The minimum atomic E-state index is -0.917. The van der Waals surface area contributed by atoms with Gasteiger partial charge in [0.15, 0.2) is 11.5 Å². The second kappa shape index (κ2) is 6.79. The summed E-state index contributed by atoms with van der Waals surface area (Å²) in [6.07, 6.45) is 2.02. The number of carboxylic acid groups (broad SMARTS) is 1. The van der Waals surface area contributed by atoms with Crippen LogP contribution < -0.4 is 9.47 Å². The van der Waals surface area contributed by atoms with Crippen LogP contribution in [0.5, 0.6) is 11.5 Å².